The Labute approximate surface area is 414 Å². The van der Waals surface area contributed by atoms with Crippen molar-refractivity contribution in [1.29, 1.82) is 0 Å². The number of carbonyl (C=O) groups excluding carboxylic acids is 1. The first-order valence-electron chi connectivity index (χ1n) is 27.0. The van der Waals surface area contributed by atoms with Gasteiger partial charge in [-0.05, 0) is 103 Å². The van der Waals surface area contributed by atoms with Gasteiger partial charge in [-0.15, -0.1) is 0 Å². The summed E-state index contributed by atoms with van der Waals surface area (Å²) in [6.07, 6.45) is 62.7. The van der Waals surface area contributed by atoms with Crippen molar-refractivity contribution >= 4 is 5.97 Å². The molecule has 0 aliphatic carbocycles. The standard InChI is InChI=1S/C59H98O9/c1-3-5-7-9-11-13-15-17-19-21-23-25-26-27-29-31-33-35-37-39-41-43-45-47-49-65-51-53(52-66-59-58(64)57(63)56(62)54(50-60)68-59)67-55(61)48-46-44-42-40-38-36-34-32-30-28-24-22-20-18-16-14-12-10-8-6-4-2/h5,7,11,13,16-19,22-25,27,29,33,35,39,41,53-54,56-60,62-64H,3-4,6,8-10,12,14-15,20-21,26,28,30-32,34,36-38,40,42-52H2,1-2H3/b7-5-,13-11-,18-16-,19-17-,24-22-,25-23-,29-27-,35-33-,41-39-. The molecule has 6 unspecified atom stereocenters. The fourth-order valence-electron chi connectivity index (χ4n) is 7.50. The lowest BCUT2D eigenvalue weighted by atomic mass is 9.99. The van der Waals surface area contributed by atoms with Crippen LogP contribution in [0.3, 0.4) is 0 Å². The van der Waals surface area contributed by atoms with E-state index in [2.05, 4.69) is 123 Å². The van der Waals surface area contributed by atoms with Gasteiger partial charge in [0.1, 0.15) is 30.5 Å². The summed E-state index contributed by atoms with van der Waals surface area (Å²) in [4.78, 5) is 12.9. The van der Waals surface area contributed by atoms with Crippen molar-refractivity contribution in [2.75, 3.05) is 26.4 Å². The normalized spacial score (nSPS) is 20.0. The third-order valence-corrected chi connectivity index (χ3v) is 11.7. The maximum atomic E-state index is 12.9. The second-order valence-electron chi connectivity index (χ2n) is 17.9. The molecule has 0 aromatic carbocycles. The Bertz CT molecular complexity index is 1410. The molecule has 1 aliphatic rings. The number of aliphatic hydroxyl groups is 4. The third kappa shape index (κ3) is 38.7. The molecule has 0 spiro atoms. The van der Waals surface area contributed by atoms with Gasteiger partial charge in [0.25, 0.3) is 0 Å². The van der Waals surface area contributed by atoms with Gasteiger partial charge in [-0.3, -0.25) is 4.79 Å². The Morgan fingerprint density at radius 1 is 0.485 bits per heavy atom. The van der Waals surface area contributed by atoms with E-state index < -0.39 is 43.4 Å². The van der Waals surface area contributed by atoms with Crippen LogP contribution in [-0.4, -0.2) is 89.6 Å². The molecule has 0 aromatic rings. The van der Waals surface area contributed by atoms with Crippen LogP contribution in [0.1, 0.15) is 194 Å². The highest BCUT2D eigenvalue weighted by molar-refractivity contribution is 5.69. The van der Waals surface area contributed by atoms with Crippen LogP contribution in [0.25, 0.3) is 0 Å². The summed E-state index contributed by atoms with van der Waals surface area (Å²) in [5, 5.41) is 40.3. The van der Waals surface area contributed by atoms with E-state index in [1.165, 1.54) is 83.5 Å². The summed E-state index contributed by atoms with van der Waals surface area (Å²) in [7, 11) is 0. The number of hydrogen-bond donors (Lipinski definition) is 4. The van der Waals surface area contributed by atoms with Crippen LogP contribution in [0, 0.1) is 0 Å². The summed E-state index contributed by atoms with van der Waals surface area (Å²) in [5.74, 6) is -0.337. The van der Waals surface area contributed by atoms with Crippen LogP contribution in [0.15, 0.2) is 109 Å². The van der Waals surface area contributed by atoms with Gasteiger partial charge in [-0.25, -0.2) is 0 Å². The van der Waals surface area contributed by atoms with E-state index in [1.807, 2.05) is 0 Å². The fraction of sp³-hybridized carbons (Fsp3) is 0.678. The molecular formula is C59H98O9. The molecule has 388 valence electrons. The van der Waals surface area contributed by atoms with Crippen molar-refractivity contribution in [1.82, 2.24) is 0 Å². The molecule has 1 saturated heterocycles. The van der Waals surface area contributed by atoms with Crippen LogP contribution in [-0.2, 0) is 23.7 Å². The van der Waals surface area contributed by atoms with Gasteiger partial charge < -0.3 is 39.4 Å². The zero-order valence-corrected chi connectivity index (χ0v) is 42.8. The SMILES string of the molecule is CC/C=C\C/C=C\C/C=C\C/C=C\C/C=C\C/C=C\C/C=C\CCCCOCC(COC1OC(CO)C(O)C(O)C1O)OC(=O)CCCCCCCCCCC/C=C\C/C=C\CCCCCCC. The van der Waals surface area contributed by atoms with Crippen LogP contribution in [0.2, 0.25) is 0 Å². The summed E-state index contributed by atoms with van der Waals surface area (Å²) in [6.45, 7) is 4.31. The first-order chi connectivity index (χ1) is 33.4. The molecule has 0 aromatic heterocycles. The first kappa shape index (κ1) is 62.9. The molecule has 0 radical (unpaired) electrons. The molecule has 1 rings (SSSR count). The monoisotopic (exact) mass is 951 g/mol. The summed E-state index contributed by atoms with van der Waals surface area (Å²) < 4.78 is 22.9. The van der Waals surface area contributed by atoms with Crippen LogP contribution < -0.4 is 0 Å². The fourth-order valence-corrected chi connectivity index (χ4v) is 7.50. The number of hydrogen-bond acceptors (Lipinski definition) is 9. The first-order valence-corrected chi connectivity index (χ1v) is 27.0. The van der Waals surface area contributed by atoms with Gasteiger partial charge >= 0.3 is 5.97 Å². The lowest BCUT2D eigenvalue weighted by molar-refractivity contribution is -0.305. The van der Waals surface area contributed by atoms with E-state index in [1.54, 1.807) is 0 Å². The number of allylic oxidation sites excluding steroid dienone is 18. The van der Waals surface area contributed by atoms with E-state index in [0.29, 0.717) is 13.0 Å². The minimum Gasteiger partial charge on any atom is -0.457 e. The zero-order chi connectivity index (χ0) is 49.2. The van der Waals surface area contributed by atoms with Crippen LogP contribution in [0.5, 0.6) is 0 Å². The highest BCUT2D eigenvalue weighted by atomic mass is 16.7. The molecular weight excluding hydrogens is 853 g/mol. The molecule has 6 atom stereocenters. The molecule has 9 nitrogen and oxygen atoms in total. The predicted molar refractivity (Wildman–Crippen MR) is 283 cm³/mol. The van der Waals surface area contributed by atoms with Crippen molar-refractivity contribution < 1.29 is 44.2 Å². The topological polar surface area (TPSA) is 135 Å². The van der Waals surface area contributed by atoms with E-state index in [4.69, 9.17) is 18.9 Å². The summed E-state index contributed by atoms with van der Waals surface area (Å²) in [5.41, 5.74) is 0. The maximum Gasteiger partial charge on any atom is 0.306 e. The van der Waals surface area contributed by atoms with Crippen molar-refractivity contribution in [2.45, 2.75) is 230 Å². The Morgan fingerprint density at radius 2 is 0.897 bits per heavy atom. The molecule has 0 bridgehead atoms. The molecule has 1 heterocycles. The Hall–Kier alpha value is -3.15. The van der Waals surface area contributed by atoms with E-state index >= 15 is 0 Å². The van der Waals surface area contributed by atoms with Gasteiger partial charge in [-0.2, -0.15) is 0 Å². The second-order valence-corrected chi connectivity index (χ2v) is 17.9. The van der Waals surface area contributed by atoms with E-state index in [0.717, 1.165) is 89.9 Å². The highest BCUT2D eigenvalue weighted by Crippen LogP contribution is 2.22. The Balaban J connectivity index is 2.25. The van der Waals surface area contributed by atoms with Crippen molar-refractivity contribution in [3.63, 3.8) is 0 Å². The quantitative estimate of drug-likeness (QED) is 0.0267. The average Bonchev–Trinajstić information content (AvgIpc) is 3.34. The molecule has 1 aliphatic heterocycles. The van der Waals surface area contributed by atoms with Gasteiger partial charge in [-0.1, -0.05) is 194 Å². The zero-order valence-electron chi connectivity index (χ0n) is 42.8. The maximum absolute atomic E-state index is 12.9. The number of carbonyl (C=O) groups is 1. The molecule has 68 heavy (non-hydrogen) atoms. The van der Waals surface area contributed by atoms with Crippen molar-refractivity contribution in [3.05, 3.63) is 109 Å². The lowest BCUT2D eigenvalue weighted by Gasteiger charge is -2.39. The molecule has 4 N–H and O–H groups in total. The third-order valence-electron chi connectivity index (χ3n) is 11.7. The average molecular weight is 951 g/mol. The number of ether oxygens (including phenoxy) is 4. The summed E-state index contributed by atoms with van der Waals surface area (Å²) >= 11 is 0. The van der Waals surface area contributed by atoms with Gasteiger partial charge in [0.2, 0.25) is 0 Å². The highest BCUT2D eigenvalue weighted by Gasteiger charge is 2.44. The summed E-state index contributed by atoms with van der Waals surface area (Å²) in [6, 6.07) is 0. The number of unbranched alkanes of at least 4 members (excludes halogenated alkanes) is 16. The van der Waals surface area contributed by atoms with Crippen molar-refractivity contribution in [3.8, 4) is 0 Å². The van der Waals surface area contributed by atoms with E-state index in [-0.39, 0.29) is 19.2 Å². The molecule has 9 heteroatoms. The minimum absolute atomic E-state index is 0.106. The second kappa shape index (κ2) is 48.9. The van der Waals surface area contributed by atoms with Gasteiger partial charge in [0.05, 0.1) is 19.8 Å². The van der Waals surface area contributed by atoms with Gasteiger partial charge in [0.15, 0.2) is 6.29 Å². The van der Waals surface area contributed by atoms with Crippen molar-refractivity contribution in [2.24, 2.45) is 0 Å². The predicted octanol–water partition coefficient (Wildman–Crippen LogP) is 13.7. The number of aliphatic hydroxyl groups excluding tert-OH is 4. The molecule has 0 saturated carbocycles. The van der Waals surface area contributed by atoms with Crippen LogP contribution in [0.4, 0.5) is 0 Å². The largest absolute Gasteiger partial charge is 0.457 e. The van der Waals surface area contributed by atoms with Gasteiger partial charge in [0, 0.05) is 13.0 Å². The Morgan fingerprint density at radius 3 is 1.35 bits per heavy atom. The number of rotatable bonds is 45. The molecule has 0 amide bonds. The smallest absolute Gasteiger partial charge is 0.306 e. The minimum atomic E-state index is -1.55. The lowest BCUT2D eigenvalue weighted by Crippen LogP contribution is -2.59. The molecule has 1 fully saturated rings. The Kier molecular flexibility index (Phi) is 45.2. The van der Waals surface area contributed by atoms with Crippen LogP contribution >= 0.6 is 0 Å². The van der Waals surface area contributed by atoms with E-state index in [9.17, 15) is 25.2 Å². The number of esters is 1.